The van der Waals surface area contributed by atoms with E-state index in [0.29, 0.717) is 5.69 Å². The van der Waals surface area contributed by atoms with E-state index in [1.165, 1.54) is 0 Å². The molecule has 0 radical (unpaired) electrons. The number of aromatic nitrogens is 2. The zero-order valence-corrected chi connectivity index (χ0v) is 7.69. The lowest BCUT2D eigenvalue weighted by Gasteiger charge is -2.03. The maximum absolute atomic E-state index is 10.4. The second-order valence-corrected chi connectivity index (χ2v) is 3.04. The molecule has 0 aromatic carbocycles. The van der Waals surface area contributed by atoms with E-state index in [9.17, 15) is 4.79 Å². The number of carboxylic acid groups (broad SMARTS) is 1. The van der Waals surface area contributed by atoms with Crippen molar-refractivity contribution in [2.24, 2.45) is 12.8 Å². The normalized spacial score (nSPS) is 12.8. The molecule has 5 nitrogen and oxygen atoms in total. The lowest BCUT2D eigenvalue weighted by molar-refractivity contribution is -0.137. The summed E-state index contributed by atoms with van der Waals surface area (Å²) in [5.41, 5.74) is 7.22. The molecule has 3 N–H and O–H groups in total. The molecular formula is C8H13N3O2. The average molecular weight is 183 g/mol. The van der Waals surface area contributed by atoms with Crippen LogP contribution in [-0.2, 0) is 11.8 Å². The van der Waals surface area contributed by atoms with Gasteiger partial charge in [0.15, 0.2) is 0 Å². The fraction of sp³-hybridized carbons (Fsp3) is 0.500. The molecule has 1 aromatic heterocycles. The molecular weight excluding hydrogens is 170 g/mol. The first kappa shape index (κ1) is 9.73. The van der Waals surface area contributed by atoms with Crippen LogP contribution in [-0.4, -0.2) is 20.9 Å². The van der Waals surface area contributed by atoms with Gasteiger partial charge in [0.1, 0.15) is 0 Å². The van der Waals surface area contributed by atoms with Crippen molar-refractivity contribution in [2.75, 3.05) is 0 Å². The fourth-order valence-corrected chi connectivity index (χ4v) is 1.06. The number of hydrogen-bond acceptors (Lipinski definition) is 3. The van der Waals surface area contributed by atoms with Crippen LogP contribution in [0, 0.1) is 6.92 Å². The Bertz CT molecular complexity index is 300. The standard InChI is InChI=1S/C8H13N3O2/c1-5-3-7(10-11(5)2)6(9)4-8(12)13/h3,6H,4,9H2,1-2H3,(H,12,13). The van der Waals surface area contributed by atoms with Crippen LogP contribution in [0.1, 0.15) is 23.9 Å². The molecule has 0 amide bonds. The van der Waals surface area contributed by atoms with Crippen molar-refractivity contribution in [2.45, 2.75) is 19.4 Å². The Balaban J connectivity index is 2.77. The van der Waals surface area contributed by atoms with Crippen LogP contribution in [0.25, 0.3) is 0 Å². The van der Waals surface area contributed by atoms with E-state index >= 15 is 0 Å². The highest BCUT2D eigenvalue weighted by atomic mass is 16.4. The number of nitrogens with zero attached hydrogens (tertiary/aromatic N) is 2. The number of rotatable bonds is 3. The molecule has 0 aliphatic heterocycles. The second-order valence-electron chi connectivity index (χ2n) is 3.04. The minimum Gasteiger partial charge on any atom is -0.481 e. The van der Waals surface area contributed by atoms with Gasteiger partial charge in [-0.15, -0.1) is 0 Å². The summed E-state index contributed by atoms with van der Waals surface area (Å²) in [7, 11) is 1.80. The van der Waals surface area contributed by atoms with Gasteiger partial charge in [0.25, 0.3) is 0 Å². The van der Waals surface area contributed by atoms with Crippen LogP contribution in [0.3, 0.4) is 0 Å². The predicted octanol–water partition coefficient (Wildman–Crippen LogP) is 0.203. The van der Waals surface area contributed by atoms with Crippen molar-refractivity contribution in [3.63, 3.8) is 0 Å². The van der Waals surface area contributed by atoms with Gasteiger partial charge >= 0.3 is 5.97 Å². The molecule has 0 bridgehead atoms. The van der Waals surface area contributed by atoms with Gasteiger partial charge in [0, 0.05) is 12.7 Å². The molecule has 1 unspecified atom stereocenters. The zero-order chi connectivity index (χ0) is 10.0. The average Bonchev–Trinajstić information content (AvgIpc) is 2.31. The minimum absolute atomic E-state index is 0.0869. The molecule has 1 aromatic rings. The van der Waals surface area contributed by atoms with E-state index in [-0.39, 0.29) is 6.42 Å². The summed E-state index contributed by atoms with van der Waals surface area (Å²) in [6.45, 7) is 1.89. The largest absolute Gasteiger partial charge is 0.481 e. The Kier molecular flexibility index (Phi) is 2.67. The third kappa shape index (κ3) is 2.29. The molecule has 0 aliphatic rings. The summed E-state index contributed by atoms with van der Waals surface area (Å²) in [4.78, 5) is 10.4. The van der Waals surface area contributed by atoms with Gasteiger partial charge in [0.2, 0.25) is 0 Å². The van der Waals surface area contributed by atoms with E-state index in [2.05, 4.69) is 5.10 Å². The summed E-state index contributed by atoms with van der Waals surface area (Å²) < 4.78 is 1.68. The van der Waals surface area contributed by atoms with E-state index in [1.807, 2.05) is 6.92 Å². The van der Waals surface area contributed by atoms with Gasteiger partial charge in [-0.3, -0.25) is 9.48 Å². The number of aliphatic carboxylic acids is 1. The Labute approximate surface area is 76.2 Å². The SMILES string of the molecule is Cc1cc(C(N)CC(=O)O)nn1C. The number of aryl methyl sites for hydroxylation is 2. The first-order valence-corrected chi connectivity index (χ1v) is 3.98. The van der Waals surface area contributed by atoms with Gasteiger partial charge in [-0.05, 0) is 13.0 Å². The Morgan fingerprint density at radius 2 is 2.46 bits per heavy atom. The lowest BCUT2D eigenvalue weighted by Crippen LogP contribution is -2.15. The number of carbonyl (C=O) groups is 1. The van der Waals surface area contributed by atoms with Gasteiger partial charge in [-0.2, -0.15) is 5.10 Å². The second kappa shape index (κ2) is 3.57. The lowest BCUT2D eigenvalue weighted by atomic mass is 10.1. The molecule has 1 atom stereocenters. The van der Waals surface area contributed by atoms with E-state index in [0.717, 1.165) is 5.69 Å². The first-order chi connectivity index (χ1) is 6.00. The van der Waals surface area contributed by atoms with Crippen LogP contribution in [0.2, 0.25) is 0 Å². The van der Waals surface area contributed by atoms with Gasteiger partial charge in [-0.25, -0.2) is 0 Å². The maximum Gasteiger partial charge on any atom is 0.305 e. The molecule has 0 aliphatic carbocycles. The van der Waals surface area contributed by atoms with Gasteiger partial charge in [0.05, 0.1) is 18.2 Å². The summed E-state index contributed by atoms with van der Waals surface area (Å²) >= 11 is 0. The van der Waals surface area contributed by atoms with Crippen molar-refractivity contribution in [1.82, 2.24) is 9.78 Å². The predicted molar refractivity (Wildman–Crippen MR) is 47.1 cm³/mol. The number of nitrogens with two attached hydrogens (primary N) is 1. The minimum atomic E-state index is -0.907. The van der Waals surface area contributed by atoms with Crippen molar-refractivity contribution in [3.8, 4) is 0 Å². The van der Waals surface area contributed by atoms with Crippen molar-refractivity contribution >= 4 is 5.97 Å². The van der Waals surface area contributed by atoms with Crippen LogP contribution >= 0.6 is 0 Å². The first-order valence-electron chi connectivity index (χ1n) is 3.98. The third-order valence-corrected chi connectivity index (χ3v) is 1.91. The van der Waals surface area contributed by atoms with Crippen LogP contribution < -0.4 is 5.73 Å². The third-order valence-electron chi connectivity index (χ3n) is 1.91. The molecule has 5 heteroatoms. The monoisotopic (exact) mass is 183 g/mol. The molecule has 13 heavy (non-hydrogen) atoms. The fourth-order valence-electron chi connectivity index (χ4n) is 1.06. The summed E-state index contributed by atoms with van der Waals surface area (Å²) in [5, 5.41) is 12.6. The Morgan fingerprint density at radius 1 is 1.85 bits per heavy atom. The highest BCUT2D eigenvalue weighted by Crippen LogP contribution is 2.12. The molecule has 1 rings (SSSR count). The van der Waals surface area contributed by atoms with Crippen molar-refractivity contribution < 1.29 is 9.90 Å². The molecule has 1 heterocycles. The molecule has 0 saturated carbocycles. The quantitative estimate of drug-likeness (QED) is 0.701. The molecule has 0 spiro atoms. The van der Waals surface area contributed by atoms with Crippen molar-refractivity contribution in [1.29, 1.82) is 0 Å². The molecule has 0 fully saturated rings. The Hall–Kier alpha value is -1.36. The maximum atomic E-state index is 10.4. The Morgan fingerprint density at radius 3 is 2.85 bits per heavy atom. The van der Waals surface area contributed by atoms with E-state index < -0.39 is 12.0 Å². The number of carboxylic acids is 1. The van der Waals surface area contributed by atoms with Crippen LogP contribution in [0.15, 0.2) is 6.07 Å². The summed E-state index contributed by atoms with van der Waals surface area (Å²) in [5.74, 6) is -0.907. The smallest absolute Gasteiger partial charge is 0.305 e. The highest BCUT2D eigenvalue weighted by molar-refractivity contribution is 5.67. The topological polar surface area (TPSA) is 81.1 Å². The van der Waals surface area contributed by atoms with Gasteiger partial charge < -0.3 is 10.8 Å². The van der Waals surface area contributed by atoms with Crippen LogP contribution in [0.5, 0.6) is 0 Å². The highest BCUT2D eigenvalue weighted by Gasteiger charge is 2.13. The summed E-state index contributed by atoms with van der Waals surface area (Å²) in [6, 6.07) is 1.28. The molecule has 72 valence electrons. The van der Waals surface area contributed by atoms with E-state index in [4.69, 9.17) is 10.8 Å². The van der Waals surface area contributed by atoms with Gasteiger partial charge in [-0.1, -0.05) is 0 Å². The zero-order valence-electron chi connectivity index (χ0n) is 7.69. The van der Waals surface area contributed by atoms with Crippen molar-refractivity contribution in [3.05, 3.63) is 17.5 Å². The number of hydrogen-bond donors (Lipinski definition) is 2. The van der Waals surface area contributed by atoms with Crippen LogP contribution in [0.4, 0.5) is 0 Å². The molecule has 0 saturated heterocycles. The van der Waals surface area contributed by atoms with E-state index in [1.54, 1.807) is 17.8 Å². The summed E-state index contributed by atoms with van der Waals surface area (Å²) in [6.07, 6.45) is -0.0869.